The zero-order valence-corrected chi connectivity index (χ0v) is 19.3. The van der Waals surface area contributed by atoms with Gasteiger partial charge >= 0.3 is 0 Å². The molecule has 0 atom stereocenters. The van der Waals surface area contributed by atoms with E-state index in [-0.39, 0.29) is 15.6 Å². The lowest BCUT2D eigenvalue weighted by Crippen LogP contribution is -2.04. The maximum atomic E-state index is 13.3. The average molecular weight is 475 g/mol. The number of rotatable bonds is 8. The van der Waals surface area contributed by atoms with Gasteiger partial charge in [-0.05, 0) is 42.5 Å². The van der Waals surface area contributed by atoms with E-state index in [0.29, 0.717) is 28.1 Å². The Kier molecular flexibility index (Phi) is 7.48. The Labute approximate surface area is 190 Å². The fourth-order valence-corrected chi connectivity index (χ4v) is 4.57. The van der Waals surface area contributed by atoms with Crippen molar-refractivity contribution in [2.24, 2.45) is 7.05 Å². The molecule has 30 heavy (non-hydrogen) atoms. The largest absolute Gasteiger partial charge is 0.324 e. The highest BCUT2D eigenvalue weighted by Gasteiger charge is 2.21. The Balaban J connectivity index is 2.11. The molecule has 0 saturated carbocycles. The van der Waals surface area contributed by atoms with E-state index in [1.807, 2.05) is 17.7 Å². The highest BCUT2D eigenvalue weighted by atomic mass is 35.5. The number of hydrogen-bond donors (Lipinski definition) is 1. The molecule has 2 aromatic carbocycles. The van der Waals surface area contributed by atoms with Crippen LogP contribution in [0.1, 0.15) is 63.0 Å². The molecule has 8 heteroatoms. The smallest absolute Gasteiger partial charge is 0.265 e. The first kappa shape index (κ1) is 23.1. The second-order valence-electron chi connectivity index (χ2n) is 7.38. The van der Waals surface area contributed by atoms with Crippen LogP contribution in [0.3, 0.4) is 0 Å². The first-order chi connectivity index (χ1) is 14.3. The quantitative estimate of drug-likeness (QED) is 0.353. The van der Waals surface area contributed by atoms with Crippen molar-refractivity contribution in [3.63, 3.8) is 0 Å². The number of nitrogens with one attached hydrogen (secondary N) is 1. The summed E-state index contributed by atoms with van der Waals surface area (Å²) in [6, 6.07) is 6.51. The number of aryl methyl sites for hydroxylation is 1. The number of fused-ring (bicyclic) bond motifs is 1. The van der Waals surface area contributed by atoms with Gasteiger partial charge < -0.3 is 9.88 Å². The molecule has 0 aliphatic heterocycles. The molecule has 0 fully saturated rings. The number of imidazole rings is 1. The normalized spacial score (nSPS) is 11.8. The van der Waals surface area contributed by atoms with Crippen LogP contribution in [-0.4, -0.2) is 9.55 Å². The number of halogens is 5. The minimum atomic E-state index is -2.71. The van der Waals surface area contributed by atoms with Crippen LogP contribution in [0.2, 0.25) is 15.1 Å². The molecule has 3 rings (SSSR count). The van der Waals surface area contributed by atoms with E-state index >= 15 is 0 Å². The number of nitrogens with zero attached hydrogens (tertiary/aromatic N) is 2. The second kappa shape index (κ2) is 9.71. The topological polar surface area (TPSA) is 29.9 Å². The van der Waals surface area contributed by atoms with E-state index in [1.54, 1.807) is 0 Å². The van der Waals surface area contributed by atoms with Crippen molar-refractivity contribution in [3.8, 4) is 0 Å². The van der Waals surface area contributed by atoms with Crippen molar-refractivity contribution in [2.75, 3.05) is 5.32 Å². The average Bonchev–Trinajstić information content (AvgIpc) is 3.01. The van der Waals surface area contributed by atoms with Crippen LogP contribution in [0, 0.1) is 0 Å². The molecule has 3 aromatic rings. The van der Waals surface area contributed by atoms with Crippen LogP contribution in [0.5, 0.6) is 0 Å². The van der Waals surface area contributed by atoms with Gasteiger partial charge in [-0.1, -0.05) is 67.6 Å². The summed E-state index contributed by atoms with van der Waals surface area (Å²) in [4.78, 5) is 4.65. The number of benzene rings is 2. The zero-order valence-electron chi connectivity index (χ0n) is 17.1. The molecular weight excluding hydrogens is 451 g/mol. The molecule has 0 amide bonds. The van der Waals surface area contributed by atoms with Crippen LogP contribution in [-0.2, 0) is 7.05 Å². The van der Waals surface area contributed by atoms with E-state index in [1.165, 1.54) is 17.7 Å². The Hall–Kier alpha value is -1.56. The highest BCUT2D eigenvalue weighted by molar-refractivity contribution is 6.37. The van der Waals surface area contributed by atoms with Crippen molar-refractivity contribution in [1.82, 2.24) is 9.55 Å². The summed E-state index contributed by atoms with van der Waals surface area (Å²) in [6.45, 7) is 4.35. The van der Waals surface area contributed by atoms with Gasteiger partial charge in [0.05, 0.1) is 26.3 Å². The van der Waals surface area contributed by atoms with Crippen molar-refractivity contribution >= 4 is 57.5 Å². The van der Waals surface area contributed by atoms with Crippen LogP contribution >= 0.6 is 34.8 Å². The molecule has 1 heterocycles. The maximum absolute atomic E-state index is 13.3. The van der Waals surface area contributed by atoms with Crippen molar-refractivity contribution in [2.45, 2.75) is 51.9 Å². The van der Waals surface area contributed by atoms with Crippen LogP contribution in [0.4, 0.5) is 20.4 Å². The molecule has 0 bridgehead atoms. The first-order valence-corrected chi connectivity index (χ1v) is 11.1. The van der Waals surface area contributed by atoms with Gasteiger partial charge in [0.15, 0.2) is 0 Å². The van der Waals surface area contributed by atoms with Crippen LogP contribution in [0.15, 0.2) is 24.3 Å². The maximum Gasteiger partial charge on any atom is 0.265 e. The number of alkyl halides is 2. The van der Waals surface area contributed by atoms with Crippen LogP contribution in [0.25, 0.3) is 11.0 Å². The van der Waals surface area contributed by atoms with E-state index in [9.17, 15) is 8.78 Å². The second-order valence-corrected chi connectivity index (χ2v) is 8.60. The summed E-state index contributed by atoms with van der Waals surface area (Å²) in [5.74, 6) is 0.864. The molecule has 0 unspecified atom stereocenters. The molecule has 0 aliphatic carbocycles. The third kappa shape index (κ3) is 4.53. The van der Waals surface area contributed by atoms with Crippen molar-refractivity contribution in [1.29, 1.82) is 0 Å². The van der Waals surface area contributed by atoms with Gasteiger partial charge in [-0.25, -0.2) is 13.8 Å². The van der Waals surface area contributed by atoms with Gasteiger partial charge in [0.2, 0.25) is 5.95 Å². The van der Waals surface area contributed by atoms with Gasteiger partial charge in [0.25, 0.3) is 6.43 Å². The van der Waals surface area contributed by atoms with E-state index < -0.39 is 6.43 Å². The van der Waals surface area contributed by atoms with E-state index in [2.05, 4.69) is 30.2 Å². The molecule has 3 nitrogen and oxygen atoms in total. The Morgan fingerprint density at radius 1 is 0.967 bits per heavy atom. The monoisotopic (exact) mass is 473 g/mol. The molecular formula is C22H24Cl3F2N3. The first-order valence-electron chi connectivity index (χ1n) is 9.97. The standard InChI is InChI=1S/C22H24Cl3F2N3/c1-4-6-12(7-5-2)13-8-9-15(23)19-20(13)30(3)22(29-19)28-18-10-14(21(26)27)16(24)11-17(18)25/h8-12,21H,4-7H2,1-3H3,(H,28,29). The fraction of sp³-hybridized carbons (Fsp3) is 0.409. The molecule has 0 spiro atoms. The summed E-state index contributed by atoms with van der Waals surface area (Å²) in [5, 5.41) is 3.78. The van der Waals surface area contributed by atoms with Crippen LogP contribution < -0.4 is 5.32 Å². The number of aromatic nitrogens is 2. The van der Waals surface area contributed by atoms with Gasteiger partial charge in [0.1, 0.15) is 5.52 Å². The van der Waals surface area contributed by atoms with Gasteiger partial charge in [-0.2, -0.15) is 0 Å². The Morgan fingerprint density at radius 3 is 2.23 bits per heavy atom. The number of hydrogen-bond acceptors (Lipinski definition) is 2. The predicted molar refractivity (Wildman–Crippen MR) is 123 cm³/mol. The summed E-state index contributed by atoms with van der Waals surface area (Å²) < 4.78 is 28.4. The van der Waals surface area contributed by atoms with Gasteiger partial charge in [0, 0.05) is 12.6 Å². The Morgan fingerprint density at radius 2 is 1.63 bits per heavy atom. The van der Waals surface area contributed by atoms with E-state index in [0.717, 1.165) is 31.2 Å². The molecule has 162 valence electrons. The lowest BCUT2D eigenvalue weighted by atomic mass is 9.89. The third-order valence-corrected chi connectivity index (χ3v) is 6.23. The fourth-order valence-electron chi connectivity index (χ4n) is 3.86. The van der Waals surface area contributed by atoms with Crippen molar-refractivity contribution < 1.29 is 8.78 Å². The van der Waals surface area contributed by atoms with Gasteiger partial charge in [-0.15, -0.1) is 0 Å². The summed E-state index contributed by atoms with van der Waals surface area (Å²) in [7, 11) is 1.88. The zero-order chi connectivity index (χ0) is 22.0. The molecule has 0 aliphatic rings. The molecule has 0 saturated heterocycles. The predicted octanol–water partition coefficient (Wildman–Crippen LogP) is 8.90. The highest BCUT2D eigenvalue weighted by Crippen LogP contribution is 2.39. The summed E-state index contributed by atoms with van der Waals surface area (Å²) in [5.41, 5.74) is 2.83. The molecule has 1 N–H and O–H groups in total. The SMILES string of the molecule is CCCC(CCC)c1ccc(Cl)c2nc(Nc3cc(C(F)F)c(Cl)cc3Cl)n(C)c12. The number of anilines is 2. The summed E-state index contributed by atoms with van der Waals surface area (Å²) >= 11 is 18.6. The lowest BCUT2D eigenvalue weighted by Gasteiger charge is -2.18. The van der Waals surface area contributed by atoms with Gasteiger partial charge in [-0.3, -0.25) is 0 Å². The minimum Gasteiger partial charge on any atom is -0.324 e. The molecule has 0 radical (unpaired) electrons. The summed E-state index contributed by atoms with van der Waals surface area (Å²) in [6.07, 6.45) is 1.59. The minimum absolute atomic E-state index is 0.0714. The third-order valence-electron chi connectivity index (χ3n) is 5.29. The Bertz CT molecular complexity index is 1040. The van der Waals surface area contributed by atoms with E-state index in [4.69, 9.17) is 34.8 Å². The lowest BCUT2D eigenvalue weighted by molar-refractivity contribution is 0.151. The van der Waals surface area contributed by atoms with Crippen molar-refractivity contribution in [3.05, 3.63) is 50.5 Å². The molecule has 1 aromatic heterocycles.